The van der Waals surface area contributed by atoms with Gasteiger partial charge in [-0.2, -0.15) is 0 Å². The second kappa shape index (κ2) is 5.29. The summed E-state index contributed by atoms with van der Waals surface area (Å²) in [5.74, 6) is 0.505. The minimum absolute atomic E-state index is 0.505. The molecular weight excluding hydrogens is 321 g/mol. The van der Waals surface area contributed by atoms with Crippen LogP contribution in [0.5, 0.6) is 0 Å². The number of alkyl halides is 1. The lowest BCUT2D eigenvalue weighted by Crippen LogP contribution is -1.78. The van der Waals surface area contributed by atoms with Crippen LogP contribution in [0.4, 0.5) is 0 Å². The van der Waals surface area contributed by atoms with E-state index in [0.29, 0.717) is 15.9 Å². The summed E-state index contributed by atoms with van der Waals surface area (Å²) in [6, 6.07) is 11.5. The van der Waals surface area contributed by atoms with E-state index in [2.05, 4.69) is 11.1 Å². The third kappa shape index (κ3) is 2.59. The van der Waals surface area contributed by atoms with E-state index in [1.807, 2.05) is 24.3 Å². The molecule has 2 aromatic carbocycles. The second-order valence-corrected chi connectivity index (χ2v) is 6.22. The summed E-state index contributed by atoms with van der Waals surface area (Å²) in [7, 11) is 0. The van der Waals surface area contributed by atoms with E-state index in [4.69, 9.17) is 34.8 Å². The summed E-state index contributed by atoms with van der Waals surface area (Å²) in [5, 5.41) is 2.13. The molecule has 0 radical (unpaired) electrons. The van der Waals surface area contributed by atoms with Crippen molar-refractivity contribution in [2.75, 3.05) is 0 Å². The maximum absolute atomic E-state index is 6.21. The van der Waals surface area contributed by atoms with Gasteiger partial charge in [-0.1, -0.05) is 29.3 Å². The van der Waals surface area contributed by atoms with Crippen LogP contribution in [0.1, 0.15) is 5.56 Å². The molecule has 96 valence electrons. The smallest absolute Gasteiger partial charge is 0.126 e. The first kappa shape index (κ1) is 13.2. The van der Waals surface area contributed by atoms with Crippen LogP contribution in [0.3, 0.4) is 0 Å². The van der Waals surface area contributed by atoms with E-state index in [1.54, 1.807) is 17.4 Å². The van der Waals surface area contributed by atoms with Crippen molar-refractivity contribution in [2.24, 2.45) is 0 Å². The Balaban J connectivity index is 2.14. The molecule has 19 heavy (non-hydrogen) atoms. The molecule has 0 bridgehead atoms. The molecule has 0 atom stereocenters. The Morgan fingerprint density at radius 3 is 2.63 bits per heavy atom. The molecule has 0 aliphatic carbocycles. The molecule has 0 saturated carbocycles. The standard InChI is InChI=1S/C14H8Cl3NS/c15-7-8-1-4-12-13(5-8)19-14(18-12)10-3-2-9(16)6-11(10)17/h1-6H,7H2. The molecule has 1 aromatic heterocycles. The van der Waals surface area contributed by atoms with Crippen LogP contribution < -0.4 is 0 Å². The summed E-state index contributed by atoms with van der Waals surface area (Å²) in [6.45, 7) is 0. The van der Waals surface area contributed by atoms with E-state index in [1.165, 1.54) is 0 Å². The van der Waals surface area contributed by atoms with Crippen LogP contribution in [0.25, 0.3) is 20.8 Å². The summed E-state index contributed by atoms with van der Waals surface area (Å²) < 4.78 is 1.11. The first-order valence-corrected chi connectivity index (χ1v) is 7.69. The van der Waals surface area contributed by atoms with E-state index >= 15 is 0 Å². The van der Waals surface area contributed by atoms with Crippen LogP contribution >= 0.6 is 46.1 Å². The number of hydrogen-bond acceptors (Lipinski definition) is 2. The lowest BCUT2D eigenvalue weighted by atomic mass is 10.2. The fourth-order valence-electron chi connectivity index (χ4n) is 1.83. The molecule has 0 saturated heterocycles. The Labute approximate surface area is 129 Å². The molecule has 0 unspecified atom stereocenters. The van der Waals surface area contributed by atoms with Crippen LogP contribution in [0, 0.1) is 0 Å². The molecule has 5 heteroatoms. The predicted octanol–water partition coefficient (Wildman–Crippen LogP) is 6.01. The number of rotatable bonds is 2. The minimum Gasteiger partial charge on any atom is -0.236 e. The molecule has 0 aliphatic heterocycles. The van der Waals surface area contributed by atoms with Crippen LogP contribution in [0.15, 0.2) is 36.4 Å². The molecule has 0 fully saturated rings. The van der Waals surface area contributed by atoms with Gasteiger partial charge in [0.05, 0.1) is 15.2 Å². The molecule has 1 nitrogen and oxygen atoms in total. The number of nitrogens with zero attached hydrogens (tertiary/aromatic N) is 1. The summed E-state index contributed by atoms with van der Waals surface area (Å²) in [6.07, 6.45) is 0. The van der Waals surface area contributed by atoms with E-state index in [-0.39, 0.29) is 0 Å². The lowest BCUT2D eigenvalue weighted by molar-refractivity contribution is 1.41. The van der Waals surface area contributed by atoms with Gasteiger partial charge in [-0.05, 0) is 35.9 Å². The molecule has 0 amide bonds. The van der Waals surface area contributed by atoms with Gasteiger partial charge in [-0.3, -0.25) is 0 Å². The average molecular weight is 329 g/mol. The molecule has 3 rings (SSSR count). The molecule has 1 heterocycles. The van der Waals surface area contributed by atoms with Crippen molar-refractivity contribution in [3.05, 3.63) is 52.0 Å². The van der Waals surface area contributed by atoms with E-state index in [0.717, 1.165) is 26.4 Å². The molecule has 0 spiro atoms. The normalized spacial score (nSPS) is 11.1. The molecule has 0 N–H and O–H groups in total. The van der Waals surface area contributed by atoms with Gasteiger partial charge in [0, 0.05) is 16.5 Å². The summed E-state index contributed by atoms with van der Waals surface area (Å²) in [5.41, 5.74) is 2.95. The van der Waals surface area contributed by atoms with Crippen molar-refractivity contribution < 1.29 is 0 Å². The number of benzene rings is 2. The lowest BCUT2D eigenvalue weighted by Gasteiger charge is -1.99. The number of fused-ring (bicyclic) bond motifs is 1. The highest BCUT2D eigenvalue weighted by molar-refractivity contribution is 7.21. The maximum atomic E-state index is 6.21. The van der Waals surface area contributed by atoms with Gasteiger partial charge in [-0.15, -0.1) is 22.9 Å². The molecule has 0 aliphatic rings. The van der Waals surface area contributed by atoms with Crippen LogP contribution in [-0.4, -0.2) is 4.98 Å². The first-order valence-electron chi connectivity index (χ1n) is 5.58. The predicted molar refractivity (Wildman–Crippen MR) is 84.6 cm³/mol. The van der Waals surface area contributed by atoms with Gasteiger partial charge in [0.2, 0.25) is 0 Å². The van der Waals surface area contributed by atoms with Crippen molar-refractivity contribution in [1.29, 1.82) is 0 Å². The van der Waals surface area contributed by atoms with Gasteiger partial charge in [0.1, 0.15) is 5.01 Å². The summed E-state index contributed by atoms with van der Waals surface area (Å²) >= 11 is 19.6. The van der Waals surface area contributed by atoms with Crippen molar-refractivity contribution >= 4 is 56.4 Å². The van der Waals surface area contributed by atoms with Crippen molar-refractivity contribution in [3.63, 3.8) is 0 Å². The second-order valence-electron chi connectivity index (χ2n) is 4.08. The summed E-state index contributed by atoms with van der Waals surface area (Å²) in [4.78, 5) is 4.60. The Morgan fingerprint density at radius 1 is 1.05 bits per heavy atom. The number of hydrogen-bond donors (Lipinski definition) is 0. The quantitative estimate of drug-likeness (QED) is 0.525. The largest absolute Gasteiger partial charge is 0.236 e. The topological polar surface area (TPSA) is 12.9 Å². The van der Waals surface area contributed by atoms with Gasteiger partial charge in [0.25, 0.3) is 0 Å². The fourth-order valence-corrected chi connectivity index (χ4v) is 3.62. The van der Waals surface area contributed by atoms with Gasteiger partial charge in [0.15, 0.2) is 0 Å². The maximum Gasteiger partial charge on any atom is 0.126 e. The van der Waals surface area contributed by atoms with Crippen LogP contribution in [0.2, 0.25) is 10.0 Å². The minimum atomic E-state index is 0.505. The highest BCUT2D eigenvalue weighted by Crippen LogP contribution is 2.35. The SMILES string of the molecule is ClCc1ccc2nc(-c3ccc(Cl)cc3Cl)sc2c1. The zero-order valence-corrected chi connectivity index (χ0v) is 12.7. The number of thiazole rings is 1. The zero-order valence-electron chi connectivity index (χ0n) is 9.66. The van der Waals surface area contributed by atoms with Crippen molar-refractivity contribution in [3.8, 4) is 10.6 Å². The van der Waals surface area contributed by atoms with Crippen molar-refractivity contribution in [1.82, 2.24) is 4.98 Å². The first-order chi connectivity index (χ1) is 9.17. The third-order valence-electron chi connectivity index (χ3n) is 2.77. The van der Waals surface area contributed by atoms with Crippen LogP contribution in [-0.2, 0) is 5.88 Å². The number of aromatic nitrogens is 1. The third-order valence-corrected chi connectivity index (χ3v) is 4.68. The van der Waals surface area contributed by atoms with Gasteiger partial charge >= 0.3 is 0 Å². The Morgan fingerprint density at radius 2 is 1.89 bits per heavy atom. The zero-order chi connectivity index (χ0) is 13.4. The van der Waals surface area contributed by atoms with Gasteiger partial charge < -0.3 is 0 Å². The highest BCUT2D eigenvalue weighted by Gasteiger charge is 2.10. The highest BCUT2D eigenvalue weighted by atomic mass is 35.5. The fraction of sp³-hybridized carbons (Fsp3) is 0.0714. The monoisotopic (exact) mass is 327 g/mol. The van der Waals surface area contributed by atoms with Gasteiger partial charge in [-0.25, -0.2) is 4.98 Å². The van der Waals surface area contributed by atoms with Crippen molar-refractivity contribution in [2.45, 2.75) is 5.88 Å². The average Bonchev–Trinajstić information content (AvgIpc) is 2.80. The van der Waals surface area contributed by atoms with E-state index in [9.17, 15) is 0 Å². The molecular formula is C14H8Cl3NS. The number of halogens is 3. The Bertz CT molecular complexity index is 752. The molecule has 3 aromatic rings. The Kier molecular flexibility index (Phi) is 3.68. The van der Waals surface area contributed by atoms with E-state index < -0.39 is 0 Å². The Hall–Kier alpha value is -0.800.